The number of alkyl halides is 2. The fraction of sp³-hybridized carbons (Fsp3) is 0.812. The minimum Gasteiger partial charge on any atom is -0.120 e. The Bertz CT molecular complexity index is 758. The van der Waals surface area contributed by atoms with Gasteiger partial charge in [-0.25, -0.2) is 0 Å². The van der Waals surface area contributed by atoms with E-state index in [1.807, 2.05) is 0 Å². The summed E-state index contributed by atoms with van der Waals surface area (Å²) in [5, 5.41) is 0. The Labute approximate surface area is 224 Å². The van der Waals surface area contributed by atoms with Crippen LogP contribution in [0.2, 0.25) is 0 Å². The van der Waals surface area contributed by atoms with E-state index in [1.54, 1.807) is 0 Å². The van der Waals surface area contributed by atoms with Crippen LogP contribution in [0, 0.1) is 10.8 Å². The monoisotopic (exact) mass is 510 g/mol. The van der Waals surface area contributed by atoms with Gasteiger partial charge in [-0.3, -0.25) is 0 Å². The summed E-state index contributed by atoms with van der Waals surface area (Å²) in [7, 11) is 0. The maximum Gasteiger partial charge on any atom is 0.0395 e. The van der Waals surface area contributed by atoms with Gasteiger partial charge in [-0.1, -0.05) is 94.4 Å². The summed E-state index contributed by atoms with van der Waals surface area (Å²) in [6, 6.07) is 7.43. The summed E-state index contributed by atoms with van der Waals surface area (Å²) in [6.07, 6.45) is 4.17. The van der Waals surface area contributed by atoms with E-state index in [0.29, 0.717) is 0 Å². The molecule has 2 heteroatoms. The standard InChI is InChI=1S/C32H56Cl2/c1-26(2,3)23-16-24(29(8,9)19-27(4,5)21-31(12,13)33)18-25(17-23)30(10,11)20-28(6,7)22-32(14,15)34/h16-18H,19-22H2,1-15H3. The zero-order valence-corrected chi connectivity index (χ0v) is 26.8. The summed E-state index contributed by atoms with van der Waals surface area (Å²) in [6.45, 7) is 34.6. The van der Waals surface area contributed by atoms with Crippen molar-refractivity contribution in [1.82, 2.24) is 0 Å². The van der Waals surface area contributed by atoms with E-state index in [0.717, 1.165) is 25.7 Å². The van der Waals surface area contributed by atoms with Crippen LogP contribution < -0.4 is 0 Å². The average molecular weight is 512 g/mol. The van der Waals surface area contributed by atoms with Crippen molar-refractivity contribution in [3.05, 3.63) is 34.9 Å². The number of hydrogen-bond donors (Lipinski definition) is 0. The van der Waals surface area contributed by atoms with Gasteiger partial charge in [0, 0.05) is 9.75 Å². The highest BCUT2D eigenvalue weighted by molar-refractivity contribution is 6.23. The molecule has 0 N–H and O–H groups in total. The molecule has 0 amide bonds. The number of benzene rings is 1. The molecule has 0 heterocycles. The lowest BCUT2D eigenvalue weighted by Gasteiger charge is -2.41. The van der Waals surface area contributed by atoms with Crippen molar-refractivity contribution in [2.45, 2.75) is 156 Å². The largest absolute Gasteiger partial charge is 0.120 e. The first-order chi connectivity index (χ1) is 14.6. The molecule has 0 radical (unpaired) electrons. The molecule has 0 fully saturated rings. The first-order valence-corrected chi connectivity index (χ1v) is 13.9. The van der Waals surface area contributed by atoms with E-state index >= 15 is 0 Å². The van der Waals surface area contributed by atoms with E-state index in [2.05, 4.69) is 122 Å². The second-order valence-electron chi connectivity index (χ2n) is 16.3. The van der Waals surface area contributed by atoms with Crippen LogP contribution in [0.5, 0.6) is 0 Å². The van der Waals surface area contributed by atoms with Crippen molar-refractivity contribution in [3.8, 4) is 0 Å². The molecule has 0 aliphatic carbocycles. The molecule has 0 aliphatic rings. The van der Waals surface area contributed by atoms with E-state index < -0.39 is 0 Å². The molecule has 0 nitrogen and oxygen atoms in total. The molecule has 0 aromatic heterocycles. The van der Waals surface area contributed by atoms with Gasteiger partial charge in [0.05, 0.1) is 0 Å². The Morgan fingerprint density at radius 2 is 0.706 bits per heavy atom. The van der Waals surface area contributed by atoms with E-state index in [9.17, 15) is 0 Å². The van der Waals surface area contributed by atoms with E-state index in [1.165, 1.54) is 16.7 Å². The van der Waals surface area contributed by atoms with Gasteiger partial charge in [0.25, 0.3) is 0 Å². The van der Waals surface area contributed by atoms with Crippen molar-refractivity contribution < 1.29 is 0 Å². The summed E-state index contributed by atoms with van der Waals surface area (Å²) < 4.78 is 0. The van der Waals surface area contributed by atoms with Gasteiger partial charge in [-0.2, -0.15) is 0 Å². The normalized spacial score (nSPS) is 15.1. The van der Waals surface area contributed by atoms with E-state index in [-0.39, 0.29) is 36.8 Å². The van der Waals surface area contributed by atoms with Crippen LogP contribution in [0.25, 0.3) is 0 Å². The molecule has 0 atom stereocenters. The topological polar surface area (TPSA) is 0 Å². The SMILES string of the molecule is CC(C)(Cl)CC(C)(C)CC(C)(C)c1cc(C(C)(C)C)cc(C(C)(C)CC(C)(C)CC(C)(C)Cl)c1. The van der Waals surface area contributed by atoms with Gasteiger partial charge in [0.1, 0.15) is 0 Å². The molecule has 1 aromatic rings. The highest BCUT2D eigenvalue weighted by atomic mass is 35.5. The molecule has 34 heavy (non-hydrogen) atoms. The van der Waals surface area contributed by atoms with Crippen molar-refractivity contribution in [2.75, 3.05) is 0 Å². The van der Waals surface area contributed by atoms with Crippen LogP contribution in [-0.4, -0.2) is 9.75 Å². The third kappa shape index (κ3) is 10.4. The summed E-state index contributed by atoms with van der Waals surface area (Å²) >= 11 is 13.3. The lowest BCUT2D eigenvalue weighted by Crippen LogP contribution is -2.33. The van der Waals surface area contributed by atoms with Crippen LogP contribution >= 0.6 is 23.2 Å². The summed E-state index contributed by atoms with van der Waals surface area (Å²) in [5.41, 5.74) is 4.80. The molecular weight excluding hydrogens is 455 g/mol. The highest BCUT2D eigenvalue weighted by Crippen LogP contribution is 2.46. The molecule has 198 valence electrons. The molecule has 1 rings (SSSR count). The third-order valence-electron chi connectivity index (χ3n) is 7.00. The summed E-state index contributed by atoms with van der Waals surface area (Å²) in [4.78, 5) is -0.385. The molecule has 0 spiro atoms. The maximum atomic E-state index is 6.66. The van der Waals surface area contributed by atoms with Crippen LogP contribution in [0.3, 0.4) is 0 Å². The molecular formula is C32H56Cl2. The molecule has 0 unspecified atom stereocenters. The minimum atomic E-state index is -0.193. The third-order valence-corrected chi connectivity index (χ3v) is 7.27. The number of halogens is 2. The Morgan fingerprint density at radius 1 is 0.441 bits per heavy atom. The molecule has 0 aliphatic heterocycles. The Morgan fingerprint density at radius 3 is 0.941 bits per heavy atom. The Kier molecular flexibility index (Phi) is 9.29. The molecule has 0 saturated carbocycles. The molecule has 0 bridgehead atoms. The minimum absolute atomic E-state index is 0.0470. The number of rotatable bonds is 10. The van der Waals surface area contributed by atoms with Crippen LogP contribution in [0.4, 0.5) is 0 Å². The van der Waals surface area contributed by atoms with Gasteiger partial charge < -0.3 is 0 Å². The van der Waals surface area contributed by atoms with Gasteiger partial charge in [-0.15, -0.1) is 23.2 Å². The van der Waals surface area contributed by atoms with Crippen LogP contribution in [0.15, 0.2) is 18.2 Å². The smallest absolute Gasteiger partial charge is 0.0395 e. The quantitative estimate of drug-likeness (QED) is 0.274. The van der Waals surface area contributed by atoms with Crippen molar-refractivity contribution in [2.24, 2.45) is 10.8 Å². The van der Waals surface area contributed by atoms with Crippen molar-refractivity contribution in [1.29, 1.82) is 0 Å². The van der Waals surface area contributed by atoms with Crippen molar-refractivity contribution in [3.63, 3.8) is 0 Å². The first kappa shape index (κ1) is 31.8. The zero-order chi connectivity index (χ0) is 27.2. The Balaban J connectivity index is 3.52. The lowest BCUT2D eigenvalue weighted by molar-refractivity contribution is 0.217. The van der Waals surface area contributed by atoms with Gasteiger partial charge in [-0.05, 0) is 97.1 Å². The second-order valence-corrected chi connectivity index (χ2v) is 18.3. The predicted molar refractivity (Wildman–Crippen MR) is 157 cm³/mol. The van der Waals surface area contributed by atoms with Crippen LogP contribution in [0.1, 0.15) is 146 Å². The van der Waals surface area contributed by atoms with Crippen molar-refractivity contribution >= 4 is 23.2 Å². The number of hydrogen-bond acceptors (Lipinski definition) is 0. The molecule has 0 saturated heterocycles. The highest BCUT2D eigenvalue weighted by Gasteiger charge is 2.37. The van der Waals surface area contributed by atoms with Gasteiger partial charge in [0.15, 0.2) is 0 Å². The van der Waals surface area contributed by atoms with Gasteiger partial charge >= 0.3 is 0 Å². The predicted octanol–water partition coefficient (Wildman–Crippen LogP) is 11.2. The zero-order valence-electron chi connectivity index (χ0n) is 25.3. The first-order valence-electron chi connectivity index (χ1n) is 13.2. The lowest BCUT2D eigenvalue weighted by atomic mass is 9.65. The van der Waals surface area contributed by atoms with Gasteiger partial charge in [0.2, 0.25) is 0 Å². The average Bonchev–Trinajstić information content (AvgIpc) is 2.46. The van der Waals surface area contributed by atoms with E-state index in [4.69, 9.17) is 23.2 Å². The Hall–Kier alpha value is -0.200. The maximum absolute atomic E-state index is 6.66. The second kappa shape index (κ2) is 9.93. The fourth-order valence-corrected chi connectivity index (χ4v) is 7.56. The van der Waals surface area contributed by atoms with Crippen LogP contribution in [-0.2, 0) is 16.2 Å². The summed E-state index contributed by atoms with van der Waals surface area (Å²) in [5.74, 6) is 0. The fourth-order valence-electron chi connectivity index (χ4n) is 6.84. The molecule has 1 aromatic carbocycles.